The molecule has 2 aromatic rings. The van der Waals surface area contributed by atoms with Crippen LogP contribution in [0.15, 0.2) is 54.6 Å². The molecule has 2 rings (SSSR count). The third-order valence-electron chi connectivity index (χ3n) is 4.61. The van der Waals surface area contributed by atoms with E-state index in [4.69, 9.17) is 11.6 Å². The van der Waals surface area contributed by atoms with Gasteiger partial charge in [-0.25, -0.2) is 0 Å². The van der Waals surface area contributed by atoms with Crippen LogP contribution in [0.1, 0.15) is 38.3 Å². The lowest BCUT2D eigenvalue weighted by Crippen LogP contribution is -2.48. The van der Waals surface area contributed by atoms with Gasteiger partial charge in [-0.05, 0) is 36.5 Å². The van der Waals surface area contributed by atoms with Gasteiger partial charge in [0, 0.05) is 24.5 Å². The molecule has 0 saturated carbocycles. The van der Waals surface area contributed by atoms with Crippen LogP contribution in [0.5, 0.6) is 0 Å². The molecule has 0 radical (unpaired) electrons. The summed E-state index contributed by atoms with van der Waals surface area (Å²) >= 11 is 6.21. The number of rotatable bonds is 9. The standard InChI is InChI=1S/C23H29ClN2O2/c1-17(2)15-25-23(28)18(3)26(16-19-9-5-4-6-10-19)22(27)14-13-20-11-7-8-12-21(20)24/h4-12,17-18H,13-16H2,1-3H3,(H,25,28)/t18-/m1/s1. The first-order chi connectivity index (χ1) is 13.4. The maximum atomic E-state index is 13.0. The van der Waals surface area contributed by atoms with Crippen molar-refractivity contribution in [3.8, 4) is 0 Å². The molecule has 0 saturated heterocycles. The Kier molecular flexibility index (Phi) is 8.52. The number of halogens is 1. The van der Waals surface area contributed by atoms with Crippen molar-refractivity contribution in [3.05, 3.63) is 70.7 Å². The molecule has 0 aliphatic carbocycles. The molecule has 150 valence electrons. The van der Waals surface area contributed by atoms with E-state index in [1.54, 1.807) is 11.8 Å². The maximum absolute atomic E-state index is 13.0. The average molecular weight is 401 g/mol. The Bertz CT molecular complexity index is 777. The summed E-state index contributed by atoms with van der Waals surface area (Å²) in [6.07, 6.45) is 0.850. The number of nitrogens with zero attached hydrogens (tertiary/aromatic N) is 1. The molecular formula is C23H29ClN2O2. The maximum Gasteiger partial charge on any atom is 0.242 e. The summed E-state index contributed by atoms with van der Waals surface area (Å²) in [6, 6.07) is 16.7. The Morgan fingerprint density at radius 2 is 1.64 bits per heavy atom. The quantitative estimate of drug-likeness (QED) is 0.675. The zero-order chi connectivity index (χ0) is 20.5. The number of hydrogen-bond acceptors (Lipinski definition) is 2. The van der Waals surface area contributed by atoms with Gasteiger partial charge in [0.1, 0.15) is 6.04 Å². The number of nitrogens with one attached hydrogen (secondary N) is 1. The number of hydrogen-bond donors (Lipinski definition) is 1. The van der Waals surface area contributed by atoms with Crippen LogP contribution in [-0.4, -0.2) is 29.3 Å². The molecule has 0 fully saturated rings. The Hall–Kier alpha value is -2.33. The second-order valence-electron chi connectivity index (χ2n) is 7.41. The van der Waals surface area contributed by atoms with Crippen molar-refractivity contribution in [1.82, 2.24) is 10.2 Å². The van der Waals surface area contributed by atoms with Crippen LogP contribution in [0.3, 0.4) is 0 Å². The van der Waals surface area contributed by atoms with E-state index in [1.165, 1.54) is 0 Å². The lowest BCUT2D eigenvalue weighted by molar-refractivity contribution is -0.140. The van der Waals surface area contributed by atoms with Crippen LogP contribution in [0, 0.1) is 5.92 Å². The van der Waals surface area contributed by atoms with Gasteiger partial charge >= 0.3 is 0 Å². The molecule has 0 aliphatic rings. The van der Waals surface area contributed by atoms with E-state index in [-0.39, 0.29) is 11.8 Å². The summed E-state index contributed by atoms with van der Waals surface area (Å²) in [6.45, 7) is 6.86. The van der Waals surface area contributed by atoms with Crippen LogP contribution in [0.25, 0.3) is 0 Å². The molecule has 28 heavy (non-hydrogen) atoms. The Morgan fingerprint density at radius 3 is 2.29 bits per heavy atom. The van der Waals surface area contributed by atoms with E-state index in [2.05, 4.69) is 5.32 Å². The van der Waals surface area contributed by atoms with Crippen molar-refractivity contribution >= 4 is 23.4 Å². The van der Waals surface area contributed by atoms with Crippen molar-refractivity contribution in [2.45, 2.75) is 46.2 Å². The van der Waals surface area contributed by atoms with Crippen LogP contribution in [0.2, 0.25) is 5.02 Å². The first-order valence-corrected chi connectivity index (χ1v) is 10.1. The normalized spacial score (nSPS) is 11.9. The minimum absolute atomic E-state index is 0.0593. The van der Waals surface area contributed by atoms with Crippen LogP contribution in [-0.2, 0) is 22.6 Å². The Morgan fingerprint density at radius 1 is 1.00 bits per heavy atom. The topological polar surface area (TPSA) is 49.4 Å². The van der Waals surface area contributed by atoms with Gasteiger partial charge in [-0.1, -0.05) is 74.0 Å². The van der Waals surface area contributed by atoms with Crippen molar-refractivity contribution in [1.29, 1.82) is 0 Å². The minimum atomic E-state index is -0.544. The molecule has 0 aliphatic heterocycles. The number of aryl methyl sites for hydroxylation is 1. The van der Waals surface area contributed by atoms with Gasteiger partial charge in [-0.15, -0.1) is 0 Å². The van der Waals surface area contributed by atoms with E-state index in [1.807, 2.05) is 68.4 Å². The van der Waals surface area contributed by atoms with Crippen molar-refractivity contribution in [2.24, 2.45) is 5.92 Å². The van der Waals surface area contributed by atoms with Crippen molar-refractivity contribution in [3.63, 3.8) is 0 Å². The van der Waals surface area contributed by atoms with Gasteiger partial charge in [0.2, 0.25) is 11.8 Å². The van der Waals surface area contributed by atoms with Crippen molar-refractivity contribution in [2.75, 3.05) is 6.54 Å². The van der Waals surface area contributed by atoms with Crippen LogP contribution < -0.4 is 5.32 Å². The highest BCUT2D eigenvalue weighted by Crippen LogP contribution is 2.18. The minimum Gasteiger partial charge on any atom is -0.354 e. The van der Waals surface area contributed by atoms with Gasteiger partial charge in [0.05, 0.1) is 0 Å². The predicted molar refractivity (Wildman–Crippen MR) is 114 cm³/mol. The third-order valence-corrected chi connectivity index (χ3v) is 4.98. The molecule has 1 atom stereocenters. The summed E-state index contributed by atoms with van der Waals surface area (Å²) in [5, 5.41) is 3.59. The molecule has 5 heteroatoms. The molecule has 1 N–H and O–H groups in total. The van der Waals surface area contributed by atoms with E-state index < -0.39 is 6.04 Å². The molecule has 0 aromatic heterocycles. The molecule has 2 amide bonds. The molecule has 0 heterocycles. The summed E-state index contributed by atoms with van der Waals surface area (Å²) in [5.74, 6) is 0.168. The summed E-state index contributed by atoms with van der Waals surface area (Å²) in [4.78, 5) is 27.3. The van der Waals surface area contributed by atoms with Gasteiger partial charge in [-0.2, -0.15) is 0 Å². The zero-order valence-corrected chi connectivity index (χ0v) is 17.6. The van der Waals surface area contributed by atoms with Crippen LogP contribution >= 0.6 is 11.6 Å². The smallest absolute Gasteiger partial charge is 0.242 e. The van der Waals surface area contributed by atoms with E-state index in [0.29, 0.717) is 36.9 Å². The number of carbonyl (C=O) groups is 2. The molecule has 2 aromatic carbocycles. The predicted octanol–water partition coefficient (Wildman–Crippen LogP) is 4.46. The lowest BCUT2D eigenvalue weighted by Gasteiger charge is -2.29. The zero-order valence-electron chi connectivity index (χ0n) is 16.8. The van der Waals surface area contributed by atoms with Crippen molar-refractivity contribution < 1.29 is 9.59 Å². The second-order valence-corrected chi connectivity index (χ2v) is 7.82. The van der Waals surface area contributed by atoms with Gasteiger partial charge in [0.25, 0.3) is 0 Å². The Labute approximate surface area is 172 Å². The van der Waals surface area contributed by atoms with E-state index in [9.17, 15) is 9.59 Å². The van der Waals surface area contributed by atoms with Gasteiger partial charge in [0.15, 0.2) is 0 Å². The fourth-order valence-electron chi connectivity index (χ4n) is 2.90. The van der Waals surface area contributed by atoms with Crippen LogP contribution in [0.4, 0.5) is 0 Å². The first-order valence-electron chi connectivity index (χ1n) is 9.73. The molecule has 0 unspecified atom stereocenters. The second kappa shape index (κ2) is 10.9. The summed E-state index contributed by atoms with van der Waals surface area (Å²) < 4.78 is 0. The van der Waals surface area contributed by atoms with Gasteiger partial charge < -0.3 is 10.2 Å². The molecule has 0 spiro atoms. The molecule has 0 bridgehead atoms. The monoisotopic (exact) mass is 400 g/mol. The average Bonchev–Trinajstić information content (AvgIpc) is 2.69. The lowest BCUT2D eigenvalue weighted by atomic mass is 10.1. The number of benzene rings is 2. The first kappa shape index (κ1) is 22.0. The van der Waals surface area contributed by atoms with E-state index in [0.717, 1.165) is 11.1 Å². The summed E-state index contributed by atoms with van der Waals surface area (Å²) in [5.41, 5.74) is 1.94. The summed E-state index contributed by atoms with van der Waals surface area (Å²) in [7, 11) is 0. The largest absolute Gasteiger partial charge is 0.354 e. The number of amides is 2. The number of carbonyl (C=O) groups excluding carboxylic acids is 2. The molecular weight excluding hydrogens is 372 g/mol. The third kappa shape index (κ3) is 6.68. The highest BCUT2D eigenvalue weighted by Gasteiger charge is 2.26. The fourth-order valence-corrected chi connectivity index (χ4v) is 3.13. The SMILES string of the molecule is CC(C)CNC(=O)[C@@H](C)N(Cc1ccccc1)C(=O)CCc1ccccc1Cl. The van der Waals surface area contributed by atoms with Gasteiger partial charge in [-0.3, -0.25) is 9.59 Å². The highest BCUT2D eigenvalue weighted by atomic mass is 35.5. The van der Waals surface area contributed by atoms with E-state index >= 15 is 0 Å². The fraction of sp³-hybridized carbons (Fsp3) is 0.391. The Balaban J connectivity index is 2.11. The molecule has 4 nitrogen and oxygen atoms in total. The highest BCUT2D eigenvalue weighted by molar-refractivity contribution is 6.31.